The maximum absolute atomic E-state index is 10.6. The Morgan fingerprint density at radius 1 is 1.20 bits per heavy atom. The first kappa shape index (κ1) is 9.39. The minimum Gasteiger partial charge on any atom is -0.369 e. The first-order valence-corrected chi connectivity index (χ1v) is 3.41. The van der Waals surface area contributed by atoms with Gasteiger partial charge in [-0.05, 0) is 25.9 Å². The summed E-state index contributed by atoms with van der Waals surface area (Å²) < 4.78 is 0. The normalized spacial score (nSPS) is 10.3. The zero-order valence-corrected chi connectivity index (χ0v) is 6.05. The van der Waals surface area contributed by atoms with E-state index in [2.05, 4.69) is 0 Å². The Hall–Kier alpha value is -0.610. The molecule has 0 aliphatic rings. The molecule has 60 valence electrons. The average Bonchev–Trinajstić information content (AvgIpc) is 1.87. The Morgan fingerprint density at radius 3 is 1.80 bits per heavy atom. The van der Waals surface area contributed by atoms with Gasteiger partial charge in [-0.15, -0.1) is 0 Å². The number of amides is 1. The van der Waals surface area contributed by atoms with Crippen LogP contribution in [0.15, 0.2) is 0 Å². The molecule has 0 unspecified atom stereocenters. The van der Waals surface area contributed by atoms with Gasteiger partial charge in [0.2, 0.25) is 5.91 Å². The fourth-order valence-corrected chi connectivity index (χ4v) is 0.831. The molecule has 6 N–H and O–H groups in total. The minimum absolute atomic E-state index is 0.130. The van der Waals surface area contributed by atoms with Crippen molar-refractivity contribution in [1.29, 1.82) is 0 Å². The van der Waals surface area contributed by atoms with Crippen molar-refractivity contribution in [3.63, 3.8) is 0 Å². The summed E-state index contributed by atoms with van der Waals surface area (Å²) in [5.74, 6) is -0.425. The van der Waals surface area contributed by atoms with Crippen LogP contribution in [0, 0.1) is 5.92 Å². The second kappa shape index (κ2) is 5.20. The lowest BCUT2D eigenvalue weighted by Gasteiger charge is -2.08. The van der Waals surface area contributed by atoms with Crippen LogP contribution in [0.2, 0.25) is 0 Å². The van der Waals surface area contributed by atoms with Crippen LogP contribution in [-0.4, -0.2) is 19.0 Å². The van der Waals surface area contributed by atoms with Gasteiger partial charge in [-0.3, -0.25) is 4.79 Å². The minimum atomic E-state index is -0.295. The van der Waals surface area contributed by atoms with Crippen molar-refractivity contribution in [1.82, 2.24) is 0 Å². The fourth-order valence-electron chi connectivity index (χ4n) is 0.831. The molecule has 0 saturated heterocycles. The summed E-state index contributed by atoms with van der Waals surface area (Å²) in [4.78, 5) is 10.6. The summed E-state index contributed by atoms with van der Waals surface area (Å²) in [5.41, 5.74) is 15.6. The van der Waals surface area contributed by atoms with Crippen LogP contribution >= 0.6 is 0 Å². The maximum atomic E-state index is 10.6. The Morgan fingerprint density at radius 2 is 1.60 bits per heavy atom. The van der Waals surface area contributed by atoms with Crippen LogP contribution in [0.3, 0.4) is 0 Å². The number of hydrogen-bond donors (Lipinski definition) is 3. The van der Waals surface area contributed by atoms with Gasteiger partial charge < -0.3 is 17.2 Å². The monoisotopic (exact) mass is 145 g/mol. The third kappa shape index (κ3) is 3.42. The van der Waals surface area contributed by atoms with E-state index in [1.807, 2.05) is 0 Å². The summed E-state index contributed by atoms with van der Waals surface area (Å²) >= 11 is 0. The van der Waals surface area contributed by atoms with Gasteiger partial charge in [0.05, 0.1) is 0 Å². The number of primary amides is 1. The van der Waals surface area contributed by atoms with Crippen molar-refractivity contribution < 1.29 is 4.79 Å². The van der Waals surface area contributed by atoms with Crippen molar-refractivity contribution in [2.24, 2.45) is 23.1 Å². The number of carbonyl (C=O) groups is 1. The highest BCUT2D eigenvalue weighted by atomic mass is 16.1. The van der Waals surface area contributed by atoms with Crippen LogP contribution in [0.1, 0.15) is 12.8 Å². The van der Waals surface area contributed by atoms with Crippen LogP contribution in [0.5, 0.6) is 0 Å². The molecule has 0 aliphatic heterocycles. The standard InChI is InChI=1S/C6H15N3O/c7-3-1-5(2-4-8)6(9)10/h5H,1-4,7-8H2,(H2,9,10). The quantitative estimate of drug-likeness (QED) is 0.452. The van der Waals surface area contributed by atoms with Gasteiger partial charge in [-0.1, -0.05) is 0 Å². The van der Waals surface area contributed by atoms with E-state index < -0.39 is 0 Å². The van der Waals surface area contributed by atoms with Gasteiger partial charge >= 0.3 is 0 Å². The van der Waals surface area contributed by atoms with Crippen molar-refractivity contribution >= 4 is 5.91 Å². The first-order chi connectivity index (χ1) is 4.72. The molecule has 0 saturated carbocycles. The molecule has 0 aromatic carbocycles. The molecule has 0 aromatic rings. The highest BCUT2D eigenvalue weighted by Crippen LogP contribution is 2.04. The number of carbonyl (C=O) groups excluding carboxylic acids is 1. The molecule has 4 heteroatoms. The van der Waals surface area contributed by atoms with Gasteiger partial charge in [0, 0.05) is 5.92 Å². The van der Waals surface area contributed by atoms with Gasteiger partial charge in [-0.2, -0.15) is 0 Å². The Balaban J connectivity index is 3.61. The molecule has 0 fully saturated rings. The lowest BCUT2D eigenvalue weighted by Crippen LogP contribution is -2.27. The van der Waals surface area contributed by atoms with Gasteiger partial charge in [0.1, 0.15) is 0 Å². The van der Waals surface area contributed by atoms with Crippen LogP contribution < -0.4 is 17.2 Å². The van der Waals surface area contributed by atoms with Crippen LogP contribution in [-0.2, 0) is 4.79 Å². The molecule has 0 rings (SSSR count). The second-order valence-corrected chi connectivity index (χ2v) is 2.25. The van der Waals surface area contributed by atoms with E-state index in [1.54, 1.807) is 0 Å². The molecule has 0 bridgehead atoms. The predicted octanol–water partition coefficient (Wildman–Crippen LogP) is -1.21. The third-order valence-corrected chi connectivity index (χ3v) is 1.43. The Bertz CT molecular complexity index is 99.2. The molecule has 10 heavy (non-hydrogen) atoms. The van der Waals surface area contributed by atoms with E-state index in [0.717, 1.165) is 0 Å². The topological polar surface area (TPSA) is 95.1 Å². The van der Waals surface area contributed by atoms with Crippen LogP contribution in [0.25, 0.3) is 0 Å². The fraction of sp³-hybridized carbons (Fsp3) is 0.833. The van der Waals surface area contributed by atoms with Crippen molar-refractivity contribution in [2.45, 2.75) is 12.8 Å². The smallest absolute Gasteiger partial charge is 0.220 e. The van der Waals surface area contributed by atoms with Gasteiger partial charge in [0.15, 0.2) is 0 Å². The van der Waals surface area contributed by atoms with Gasteiger partial charge in [0.25, 0.3) is 0 Å². The lowest BCUT2D eigenvalue weighted by atomic mass is 10.0. The van der Waals surface area contributed by atoms with Crippen LogP contribution in [0.4, 0.5) is 0 Å². The molecule has 0 heterocycles. The van der Waals surface area contributed by atoms with E-state index >= 15 is 0 Å². The molecule has 0 atom stereocenters. The molecule has 0 radical (unpaired) electrons. The van der Waals surface area contributed by atoms with Crippen molar-refractivity contribution in [3.05, 3.63) is 0 Å². The number of nitrogens with two attached hydrogens (primary N) is 3. The SMILES string of the molecule is NCCC(CCN)C(N)=O. The van der Waals surface area contributed by atoms with Crippen molar-refractivity contribution in [3.8, 4) is 0 Å². The van der Waals surface area contributed by atoms with E-state index in [1.165, 1.54) is 0 Å². The Kier molecular flexibility index (Phi) is 4.88. The zero-order chi connectivity index (χ0) is 7.98. The summed E-state index contributed by atoms with van der Waals surface area (Å²) in [6, 6.07) is 0. The van der Waals surface area contributed by atoms with Crippen molar-refractivity contribution in [2.75, 3.05) is 13.1 Å². The summed E-state index contributed by atoms with van der Waals surface area (Å²) in [6.45, 7) is 0.987. The lowest BCUT2D eigenvalue weighted by molar-refractivity contribution is -0.122. The molecule has 0 aromatic heterocycles. The van der Waals surface area contributed by atoms with E-state index in [4.69, 9.17) is 17.2 Å². The summed E-state index contributed by atoms with van der Waals surface area (Å²) in [5, 5.41) is 0. The molecule has 1 amide bonds. The predicted molar refractivity (Wildman–Crippen MR) is 40.0 cm³/mol. The highest BCUT2D eigenvalue weighted by molar-refractivity contribution is 5.76. The third-order valence-electron chi connectivity index (χ3n) is 1.43. The molecule has 0 aliphatic carbocycles. The highest BCUT2D eigenvalue weighted by Gasteiger charge is 2.11. The number of rotatable bonds is 5. The molecular formula is C6H15N3O. The second-order valence-electron chi connectivity index (χ2n) is 2.25. The molecular weight excluding hydrogens is 130 g/mol. The zero-order valence-electron chi connectivity index (χ0n) is 6.05. The molecule has 4 nitrogen and oxygen atoms in total. The summed E-state index contributed by atoms with van der Waals surface area (Å²) in [7, 11) is 0. The number of hydrogen-bond acceptors (Lipinski definition) is 3. The summed E-state index contributed by atoms with van der Waals surface area (Å²) in [6.07, 6.45) is 1.29. The first-order valence-electron chi connectivity index (χ1n) is 3.41. The van der Waals surface area contributed by atoms with E-state index in [0.29, 0.717) is 25.9 Å². The van der Waals surface area contributed by atoms with Gasteiger partial charge in [-0.25, -0.2) is 0 Å². The average molecular weight is 145 g/mol. The van der Waals surface area contributed by atoms with E-state index in [9.17, 15) is 4.79 Å². The molecule has 0 spiro atoms. The van der Waals surface area contributed by atoms with E-state index in [-0.39, 0.29) is 11.8 Å². The maximum Gasteiger partial charge on any atom is 0.220 e. The Labute approximate surface area is 60.7 Å². The largest absolute Gasteiger partial charge is 0.369 e.